The summed E-state index contributed by atoms with van der Waals surface area (Å²) in [4.78, 5) is 2.34. The molecule has 0 amide bonds. The SMILES string of the molecule is C=C(Nc1cc(C(=C)NCCCN(CCC)C(=C)C)ccc1C)C1=CC=CC1. The molecule has 0 bridgehead atoms. The van der Waals surface area contributed by atoms with Gasteiger partial charge in [-0.1, -0.05) is 57.0 Å². The Morgan fingerprint density at radius 3 is 2.57 bits per heavy atom. The van der Waals surface area contributed by atoms with E-state index in [0.29, 0.717) is 0 Å². The molecule has 0 heterocycles. The number of rotatable bonds is 12. The van der Waals surface area contributed by atoms with E-state index in [1.807, 2.05) is 0 Å². The fraction of sp³-hybridized carbons (Fsp3) is 0.360. The normalized spacial score (nSPS) is 12.5. The van der Waals surface area contributed by atoms with Crippen LogP contribution in [0.3, 0.4) is 0 Å². The van der Waals surface area contributed by atoms with Crippen LogP contribution in [0.2, 0.25) is 0 Å². The Bertz CT molecular complexity index is 783. The highest BCUT2D eigenvalue weighted by Gasteiger charge is 2.08. The van der Waals surface area contributed by atoms with Crippen LogP contribution in [0, 0.1) is 6.92 Å². The molecule has 2 N–H and O–H groups in total. The minimum atomic E-state index is 0.897. The van der Waals surface area contributed by atoms with Crippen LogP contribution in [0.5, 0.6) is 0 Å². The lowest BCUT2D eigenvalue weighted by Gasteiger charge is -2.24. The van der Waals surface area contributed by atoms with E-state index in [0.717, 1.165) is 67.2 Å². The topological polar surface area (TPSA) is 27.3 Å². The van der Waals surface area contributed by atoms with Crippen molar-refractivity contribution in [1.29, 1.82) is 0 Å². The van der Waals surface area contributed by atoms with Crippen molar-refractivity contribution >= 4 is 11.4 Å². The smallest absolute Gasteiger partial charge is 0.0420 e. The van der Waals surface area contributed by atoms with Gasteiger partial charge >= 0.3 is 0 Å². The number of nitrogens with one attached hydrogen (secondary N) is 2. The van der Waals surface area contributed by atoms with Gasteiger partial charge in [0.05, 0.1) is 0 Å². The molecular weight excluding hydrogens is 342 g/mol. The van der Waals surface area contributed by atoms with Gasteiger partial charge in [-0.05, 0) is 55.9 Å². The lowest BCUT2D eigenvalue weighted by Crippen LogP contribution is -2.26. The van der Waals surface area contributed by atoms with E-state index in [1.165, 1.54) is 11.1 Å². The predicted molar refractivity (Wildman–Crippen MR) is 124 cm³/mol. The zero-order valence-electron chi connectivity index (χ0n) is 17.8. The molecule has 0 fully saturated rings. The van der Waals surface area contributed by atoms with Gasteiger partial charge in [-0.2, -0.15) is 0 Å². The van der Waals surface area contributed by atoms with Gasteiger partial charge in [0.2, 0.25) is 0 Å². The number of hydrogen-bond acceptors (Lipinski definition) is 3. The van der Waals surface area contributed by atoms with E-state index in [1.54, 1.807) is 0 Å². The van der Waals surface area contributed by atoms with Crippen LogP contribution in [-0.2, 0) is 0 Å². The van der Waals surface area contributed by atoms with Crippen molar-refractivity contribution in [2.75, 3.05) is 25.0 Å². The van der Waals surface area contributed by atoms with Gasteiger partial charge in [0, 0.05) is 42.4 Å². The summed E-state index contributed by atoms with van der Waals surface area (Å²) in [6, 6.07) is 6.39. The lowest BCUT2D eigenvalue weighted by molar-refractivity contribution is 0.341. The van der Waals surface area contributed by atoms with Gasteiger partial charge in [0.15, 0.2) is 0 Å². The molecule has 1 aromatic rings. The Kier molecular flexibility index (Phi) is 8.19. The number of aryl methyl sites for hydroxylation is 1. The largest absolute Gasteiger partial charge is 0.385 e. The van der Waals surface area contributed by atoms with E-state index < -0.39 is 0 Å². The Morgan fingerprint density at radius 1 is 1.14 bits per heavy atom. The minimum Gasteiger partial charge on any atom is -0.385 e. The van der Waals surface area contributed by atoms with Gasteiger partial charge < -0.3 is 15.5 Å². The molecule has 2 rings (SSSR count). The van der Waals surface area contributed by atoms with Crippen LogP contribution in [0.25, 0.3) is 5.70 Å². The summed E-state index contributed by atoms with van der Waals surface area (Å²) >= 11 is 0. The highest BCUT2D eigenvalue weighted by molar-refractivity contribution is 5.69. The number of nitrogens with zero attached hydrogens (tertiary/aromatic N) is 1. The van der Waals surface area contributed by atoms with Crippen molar-refractivity contribution in [2.45, 2.75) is 40.0 Å². The van der Waals surface area contributed by atoms with Crippen LogP contribution in [0.15, 0.2) is 73.1 Å². The van der Waals surface area contributed by atoms with Gasteiger partial charge in [-0.25, -0.2) is 0 Å². The summed E-state index contributed by atoms with van der Waals surface area (Å²) in [6.07, 6.45) is 9.48. The first kappa shape index (κ1) is 21.6. The number of anilines is 1. The van der Waals surface area contributed by atoms with Crippen molar-refractivity contribution in [3.63, 3.8) is 0 Å². The van der Waals surface area contributed by atoms with Crippen molar-refractivity contribution in [2.24, 2.45) is 0 Å². The lowest BCUT2D eigenvalue weighted by atomic mass is 10.1. The Morgan fingerprint density at radius 2 is 1.93 bits per heavy atom. The second kappa shape index (κ2) is 10.6. The van der Waals surface area contributed by atoms with E-state index >= 15 is 0 Å². The molecule has 0 atom stereocenters. The van der Waals surface area contributed by atoms with Crippen molar-refractivity contribution < 1.29 is 0 Å². The van der Waals surface area contributed by atoms with Gasteiger partial charge in [-0.3, -0.25) is 0 Å². The van der Waals surface area contributed by atoms with Gasteiger partial charge in [-0.15, -0.1) is 0 Å². The van der Waals surface area contributed by atoms with Gasteiger partial charge in [0.25, 0.3) is 0 Å². The van der Waals surface area contributed by atoms with Crippen LogP contribution in [0.4, 0.5) is 5.69 Å². The number of allylic oxidation sites excluding steroid dienone is 5. The summed E-state index contributed by atoms with van der Waals surface area (Å²) in [5.74, 6) is 0. The predicted octanol–water partition coefficient (Wildman–Crippen LogP) is 6.00. The highest BCUT2D eigenvalue weighted by Crippen LogP contribution is 2.25. The van der Waals surface area contributed by atoms with Crippen molar-refractivity contribution in [1.82, 2.24) is 10.2 Å². The fourth-order valence-corrected chi connectivity index (χ4v) is 3.23. The van der Waals surface area contributed by atoms with Gasteiger partial charge in [0.1, 0.15) is 0 Å². The first-order chi connectivity index (χ1) is 13.4. The molecule has 0 radical (unpaired) electrons. The molecule has 1 aromatic carbocycles. The van der Waals surface area contributed by atoms with Crippen LogP contribution < -0.4 is 10.6 Å². The first-order valence-electron chi connectivity index (χ1n) is 10.2. The van der Waals surface area contributed by atoms with E-state index in [4.69, 9.17) is 0 Å². The highest BCUT2D eigenvalue weighted by atomic mass is 15.1. The molecule has 1 aliphatic carbocycles. The third-order valence-corrected chi connectivity index (χ3v) is 5.01. The molecule has 1 aliphatic rings. The number of benzene rings is 1. The first-order valence-corrected chi connectivity index (χ1v) is 10.2. The maximum absolute atomic E-state index is 4.23. The molecule has 0 aromatic heterocycles. The second-order valence-corrected chi connectivity index (χ2v) is 7.44. The monoisotopic (exact) mass is 377 g/mol. The zero-order chi connectivity index (χ0) is 20.5. The third-order valence-electron chi connectivity index (χ3n) is 5.01. The summed E-state index contributed by atoms with van der Waals surface area (Å²) in [7, 11) is 0. The average molecular weight is 378 g/mol. The summed E-state index contributed by atoms with van der Waals surface area (Å²) in [5.41, 5.74) is 7.66. The molecule has 0 unspecified atom stereocenters. The van der Waals surface area contributed by atoms with Crippen molar-refractivity contribution in [3.8, 4) is 0 Å². The maximum Gasteiger partial charge on any atom is 0.0420 e. The number of hydrogen-bond donors (Lipinski definition) is 2. The molecule has 0 saturated heterocycles. The van der Waals surface area contributed by atoms with Crippen LogP contribution in [-0.4, -0.2) is 24.5 Å². The molecule has 3 heteroatoms. The molecule has 3 nitrogen and oxygen atoms in total. The average Bonchev–Trinajstić information content (AvgIpc) is 3.20. The minimum absolute atomic E-state index is 0.897. The molecule has 0 saturated carbocycles. The standard InChI is InChI=1S/C25H35N3/c1-7-16-28(19(2)3)17-10-15-26-21(5)24-14-13-20(4)25(18-24)27-22(6)23-11-8-9-12-23/h8-9,11,13-14,18,26-27H,2,5-7,10,12,15-17H2,1,3-4H3. The molecule has 0 spiro atoms. The Balaban J connectivity index is 1.89. The Hall–Kier alpha value is -2.68. The van der Waals surface area contributed by atoms with Crippen molar-refractivity contribution in [3.05, 3.63) is 84.3 Å². The quantitative estimate of drug-likeness (QED) is 0.437. The molecular formula is C25H35N3. The van der Waals surface area contributed by atoms with Crippen LogP contribution in [0.1, 0.15) is 44.2 Å². The third kappa shape index (κ3) is 6.19. The van der Waals surface area contributed by atoms with Crippen LogP contribution >= 0.6 is 0 Å². The zero-order valence-corrected chi connectivity index (χ0v) is 17.8. The van der Waals surface area contributed by atoms with E-state index in [9.17, 15) is 0 Å². The van der Waals surface area contributed by atoms with E-state index in [-0.39, 0.29) is 0 Å². The molecule has 0 aliphatic heterocycles. The maximum atomic E-state index is 4.23. The fourth-order valence-electron chi connectivity index (χ4n) is 3.23. The molecule has 28 heavy (non-hydrogen) atoms. The summed E-state index contributed by atoms with van der Waals surface area (Å²) in [6.45, 7) is 21.9. The second-order valence-electron chi connectivity index (χ2n) is 7.44. The Labute approximate surface area is 171 Å². The summed E-state index contributed by atoms with van der Waals surface area (Å²) in [5, 5.41) is 6.94. The summed E-state index contributed by atoms with van der Waals surface area (Å²) < 4.78 is 0. The molecule has 150 valence electrons. The van der Waals surface area contributed by atoms with E-state index in [2.05, 4.69) is 92.5 Å².